The first kappa shape index (κ1) is 25.8. The van der Waals surface area contributed by atoms with Crippen LogP contribution in [0.4, 0.5) is 5.69 Å². The average Bonchev–Trinajstić information content (AvgIpc) is 2.84. The number of pyridine rings is 2. The molecule has 2 heterocycles. The number of nitrogens with one attached hydrogen (secondary N) is 2. The van der Waals surface area contributed by atoms with E-state index in [9.17, 15) is 4.79 Å². The predicted octanol–water partition coefficient (Wildman–Crippen LogP) is 4.71. The number of hydrogen-bond acceptors (Lipinski definition) is 4. The van der Waals surface area contributed by atoms with Gasteiger partial charge < -0.3 is 15.2 Å². The first-order valence-electron chi connectivity index (χ1n) is 11.9. The van der Waals surface area contributed by atoms with E-state index in [0.717, 1.165) is 45.1 Å². The first-order valence-corrected chi connectivity index (χ1v) is 11.9. The summed E-state index contributed by atoms with van der Waals surface area (Å²) >= 11 is 0. The first-order chi connectivity index (χ1) is 16.6. The molecule has 5 nitrogen and oxygen atoms in total. The molecule has 0 spiro atoms. The monoisotopic (exact) mass is 468 g/mol. The van der Waals surface area contributed by atoms with Crippen LogP contribution >= 0.6 is 0 Å². The molecule has 1 atom stereocenters. The van der Waals surface area contributed by atoms with E-state index in [2.05, 4.69) is 42.6 Å². The molecule has 0 amide bonds. The van der Waals surface area contributed by atoms with Crippen LogP contribution in [0.3, 0.4) is 0 Å². The van der Waals surface area contributed by atoms with Gasteiger partial charge in [0.2, 0.25) is 0 Å². The highest BCUT2D eigenvalue weighted by Crippen LogP contribution is 2.26. The molecule has 182 valence electrons. The Morgan fingerprint density at radius 1 is 1.17 bits per heavy atom. The SMILES string of the molecule is C=C(C)/C=c1\c(=CC)cc(-c2cc(NC(=C)NC(C)(CC)c3ccccn3)ccc2C)c(=O)n1C. The summed E-state index contributed by atoms with van der Waals surface area (Å²) in [4.78, 5) is 17.9. The fraction of sp³-hybridized carbons (Fsp3) is 0.267. The van der Waals surface area contributed by atoms with Gasteiger partial charge in [-0.25, -0.2) is 0 Å². The van der Waals surface area contributed by atoms with Gasteiger partial charge in [0.05, 0.1) is 22.4 Å². The third-order valence-electron chi connectivity index (χ3n) is 6.37. The van der Waals surface area contributed by atoms with Crippen molar-refractivity contribution in [3.8, 4) is 11.1 Å². The number of rotatable bonds is 8. The van der Waals surface area contributed by atoms with Crippen LogP contribution in [-0.4, -0.2) is 9.55 Å². The number of aromatic nitrogens is 2. The Morgan fingerprint density at radius 2 is 1.91 bits per heavy atom. The number of anilines is 1. The minimum absolute atomic E-state index is 0.0472. The van der Waals surface area contributed by atoms with E-state index in [0.29, 0.717) is 11.4 Å². The van der Waals surface area contributed by atoms with Gasteiger partial charge in [-0.15, -0.1) is 0 Å². The largest absolute Gasteiger partial charge is 0.361 e. The van der Waals surface area contributed by atoms with Crippen molar-refractivity contribution in [2.45, 2.75) is 46.6 Å². The maximum Gasteiger partial charge on any atom is 0.258 e. The van der Waals surface area contributed by atoms with Crippen molar-refractivity contribution >= 4 is 17.8 Å². The lowest BCUT2D eigenvalue weighted by Crippen LogP contribution is -2.42. The molecule has 0 radical (unpaired) electrons. The molecule has 0 aliphatic rings. The highest BCUT2D eigenvalue weighted by atomic mass is 16.1. The number of nitrogens with zero attached hydrogens (tertiary/aromatic N) is 2. The van der Waals surface area contributed by atoms with Crippen LogP contribution in [0, 0.1) is 6.92 Å². The number of allylic oxidation sites excluding steroid dienone is 1. The van der Waals surface area contributed by atoms with Crippen molar-refractivity contribution in [2.75, 3.05) is 5.32 Å². The minimum Gasteiger partial charge on any atom is -0.361 e. The van der Waals surface area contributed by atoms with E-state index in [-0.39, 0.29) is 11.1 Å². The Hall–Kier alpha value is -3.86. The van der Waals surface area contributed by atoms with Crippen LogP contribution in [0.25, 0.3) is 23.3 Å². The molecular formula is C30H36N4O. The Balaban J connectivity index is 1.99. The van der Waals surface area contributed by atoms with Crippen LogP contribution in [0.5, 0.6) is 0 Å². The van der Waals surface area contributed by atoms with Gasteiger partial charge in [0.15, 0.2) is 0 Å². The lowest BCUT2D eigenvalue weighted by molar-refractivity contribution is 0.380. The van der Waals surface area contributed by atoms with Crippen LogP contribution in [-0.2, 0) is 12.6 Å². The summed E-state index contributed by atoms with van der Waals surface area (Å²) < 4.78 is 1.69. The van der Waals surface area contributed by atoms with Crippen molar-refractivity contribution in [1.29, 1.82) is 0 Å². The lowest BCUT2D eigenvalue weighted by Gasteiger charge is -2.31. The molecule has 0 bridgehead atoms. The molecule has 1 aromatic carbocycles. The Morgan fingerprint density at radius 3 is 2.51 bits per heavy atom. The van der Waals surface area contributed by atoms with Gasteiger partial charge in [0.1, 0.15) is 0 Å². The zero-order valence-corrected chi connectivity index (χ0v) is 21.7. The quantitative estimate of drug-likeness (QED) is 0.503. The van der Waals surface area contributed by atoms with Crippen molar-refractivity contribution in [3.63, 3.8) is 0 Å². The molecule has 35 heavy (non-hydrogen) atoms. The summed E-state index contributed by atoms with van der Waals surface area (Å²) in [7, 11) is 1.81. The fourth-order valence-electron chi connectivity index (χ4n) is 4.16. The standard InChI is InChI=1S/C30H36N4O/c1-9-23-18-26(29(35)34(8)27(23)17-20(3)4)25-19-24(15-14-21(25)5)32-22(6)33-30(7,10-2)28-13-11-12-16-31-28/h9,11-19,32-33H,3,6,10H2,1-2,4-5,7-8H3/b23-9?,27-17+. The highest BCUT2D eigenvalue weighted by Gasteiger charge is 2.26. The van der Waals surface area contributed by atoms with Crippen molar-refractivity contribution in [3.05, 3.63) is 105 Å². The third kappa shape index (κ3) is 5.62. The number of benzene rings is 1. The van der Waals surface area contributed by atoms with Crippen LogP contribution in [0.2, 0.25) is 0 Å². The van der Waals surface area contributed by atoms with Crippen molar-refractivity contribution in [2.24, 2.45) is 7.05 Å². The molecule has 0 fully saturated rings. The minimum atomic E-state index is -0.365. The van der Waals surface area contributed by atoms with Gasteiger partial charge in [0.25, 0.3) is 5.56 Å². The van der Waals surface area contributed by atoms with E-state index in [1.807, 2.05) is 75.4 Å². The summed E-state index contributed by atoms with van der Waals surface area (Å²) in [5, 5.41) is 8.71. The molecule has 0 saturated heterocycles. The van der Waals surface area contributed by atoms with Gasteiger partial charge in [-0.05, 0) is 86.9 Å². The molecule has 0 aliphatic carbocycles. The fourth-order valence-corrected chi connectivity index (χ4v) is 4.16. The summed E-state index contributed by atoms with van der Waals surface area (Å²) in [6.07, 6.45) is 6.59. The normalized spacial score (nSPS) is 13.9. The summed E-state index contributed by atoms with van der Waals surface area (Å²) in [6.45, 7) is 18.3. The van der Waals surface area contributed by atoms with Crippen LogP contribution in [0.15, 0.2) is 78.0 Å². The second-order valence-electron chi connectivity index (χ2n) is 9.20. The molecule has 2 N–H and O–H groups in total. The van der Waals surface area contributed by atoms with Crippen molar-refractivity contribution in [1.82, 2.24) is 14.9 Å². The lowest BCUT2D eigenvalue weighted by atomic mass is 9.94. The molecule has 0 saturated carbocycles. The van der Waals surface area contributed by atoms with Crippen LogP contribution < -0.4 is 26.8 Å². The summed E-state index contributed by atoms with van der Waals surface area (Å²) in [6, 6.07) is 13.9. The zero-order chi connectivity index (χ0) is 25.8. The second-order valence-corrected chi connectivity index (χ2v) is 9.20. The van der Waals surface area contributed by atoms with Gasteiger partial charge in [-0.1, -0.05) is 43.9 Å². The maximum absolute atomic E-state index is 13.4. The topological polar surface area (TPSA) is 59.0 Å². The average molecular weight is 469 g/mol. The summed E-state index contributed by atoms with van der Waals surface area (Å²) in [5.41, 5.74) is 4.86. The van der Waals surface area contributed by atoms with E-state index in [4.69, 9.17) is 0 Å². The predicted molar refractivity (Wildman–Crippen MR) is 148 cm³/mol. The second kappa shape index (κ2) is 10.6. The number of aryl methyl sites for hydroxylation is 1. The Kier molecular flexibility index (Phi) is 7.80. The Bertz CT molecular complexity index is 1430. The zero-order valence-electron chi connectivity index (χ0n) is 21.7. The molecule has 0 aliphatic heterocycles. The van der Waals surface area contributed by atoms with Crippen LogP contribution in [0.1, 0.15) is 45.4 Å². The van der Waals surface area contributed by atoms with E-state index >= 15 is 0 Å². The van der Waals surface area contributed by atoms with Gasteiger partial charge in [0, 0.05) is 24.5 Å². The molecule has 3 aromatic rings. The van der Waals surface area contributed by atoms with Gasteiger partial charge in [-0.2, -0.15) is 0 Å². The summed E-state index contributed by atoms with van der Waals surface area (Å²) in [5.74, 6) is 0.664. The Labute approximate surface area is 208 Å². The van der Waals surface area contributed by atoms with E-state index in [1.165, 1.54) is 0 Å². The molecule has 1 unspecified atom stereocenters. The molecule has 2 aromatic heterocycles. The van der Waals surface area contributed by atoms with Gasteiger partial charge >= 0.3 is 0 Å². The molecule has 3 rings (SSSR count). The number of hydrogen-bond donors (Lipinski definition) is 2. The molecule has 5 heteroatoms. The van der Waals surface area contributed by atoms with Crippen molar-refractivity contribution < 1.29 is 0 Å². The smallest absolute Gasteiger partial charge is 0.258 e. The maximum atomic E-state index is 13.4. The van der Waals surface area contributed by atoms with Gasteiger partial charge in [-0.3, -0.25) is 9.78 Å². The highest BCUT2D eigenvalue weighted by molar-refractivity contribution is 5.72. The van der Waals surface area contributed by atoms with E-state index < -0.39 is 0 Å². The third-order valence-corrected chi connectivity index (χ3v) is 6.37. The molecular weight excluding hydrogens is 432 g/mol. The van der Waals surface area contributed by atoms with E-state index in [1.54, 1.807) is 17.8 Å².